The molecule has 2 aromatic heterocycles. The summed E-state index contributed by atoms with van der Waals surface area (Å²) in [5, 5.41) is 1.86. The van der Waals surface area contributed by atoms with Gasteiger partial charge in [0.05, 0.1) is 12.2 Å². The van der Waals surface area contributed by atoms with Gasteiger partial charge in [0.15, 0.2) is 0 Å². The van der Waals surface area contributed by atoms with E-state index in [1.165, 1.54) is 0 Å². The first-order valence-corrected chi connectivity index (χ1v) is 8.74. The van der Waals surface area contributed by atoms with Crippen molar-refractivity contribution in [2.45, 2.75) is 6.54 Å². The molecule has 0 saturated carbocycles. The van der Waals surface area contributed by atoms with Crippen molar-refractivity contribution in [2.24, 2.45) is 7.05 Å². The van der Waals surface area contributed by atoms with E-state index < -0.39 is 11.4 Å². The van der Waals surface area contributed by atoms with Crippen LogP contribution in [0.5, 0.6) is 0 Å². The average Bonchev–Trinajstić information content (AvgIpc) is 2.82. The second kappa shape index (κ2) is 6.30. The predicted molar refractivity (Wildman–Crippen MR) is 92.1 cm³/mol. The Balaban J connectivity index is 2.00. The lowest BCUT2D eigenvalue weighted by atomic mass is 10.1. The van der Waals surface area contributed by atoms with Crippen LogP contribution in [0.3, 0.4) is 0 Å². The number of hydrogen-bond acceptors (Lipinski definition) is 3. The van der Waals surface area contributed by atoms with Gasteiger partial charge < -0.3 is 9.12 Å². The van der Waals surface area contributed by atoms with Crippen molar-refractivity contribution in [3.05, 3.63) is 53.3 Å². The van der Waals surface area contributed by atoms with Crippen LogP contribution in [0.1, 0.15) is 5.56 Å². The predicted octanol–water partition coefficient (Wildman–Crippen LogP) is 3.28. The van der Waals surface area contributed by atoms with Crippen molar-refractivity contribution in [1.82, 2.24) is 14.3 Å². The summed E-state index contributed by atoms with van der Waals surface area (Å²) in [5.41, 5.74) is 4.18. The fourth-order valence-electron chi connectivity index (χ4n) is 2.49. The molecule has 0 radical (unpaired) electrons. The Morgan fingerprint density at radius 3 is 2.86 bits per heavy atom. The maximum absolute atomic E-state index is 11.1. The van der Waals surface area contributed by atoms with Crippen molar-refractivity contribution in [1.29, 1.82) is 0 Å². The minimum absolute atomic E-state index is 0.528. The van der Waals surface area contributed by atoms with Crippen LogP contribution < -0.4 is 4.72 Å². The molecule has 6 heteroatoms. The monoisotopic (exact) mass is 333 g/mol. The number of pyridine rings is 1. The van der Waals surface area contributed by atoms with Gasteiger partial charge in [0.2, 0.25) is 0 Å². The van der Waals surface area contributed by atoms with Crippen LogP contribution in [-0.4, -0.2) is 20.4 Å². The van der Waals surface area contributed by atoms with Gasteiger partial charge in [-0.15, -0.1) is 4.72 Å². The van der Waals surface area contributed by atoms with E-state index in [9.17, 15) is 4.55 Å². The van der Waals surface area contributed by atoms with Crippen LogP contribution in [0.25, 0.3) is 22.2 Å². The van der Waals surface area contributed by atoms with E-state index in [1.807, 2.05) is 31.4 Å². The van der Waals surface area contributed by atoms with Crippen molar-refractivity contribution in [3.63, 3.8) is 0 Å². The number of aryl methyl sites for hydroxylation is 1. The summed E-state index contributed by atoms with van der Waals surface area (Å²) in [5.74, 6) is 0. The van der Waals surface area contributed by atoms with Crippen LogP contribution in [0, 0.1) is 0 Å². The van der Waals surface area contributed by atoms with Gasteiger partial charge >= 0.3 is 0 Å². The van der Waals surface area contributed by atoms with Gasteiger partial charge in [-0.3, -0.25) is 4.98 Å². The van der Waals surface area contributed by atoms with Crippen LogP contribution in [0.15, 0.2) is 42.7 Å². The molecule has 0 aliphatic heterocycles. The second-order valence-corrected chi connectivity index (χ2v) is 6.78. The van der Waals surface area contributed by atoms with E-state index in [0.717, 1.165) is 32.7 Å². The molecule has 1 atom stereocenters. The molecule has 0 saturated heterocycles. The highest BCUT2D eigenvalue weighted by Crippen LogP contribution is 2.29. The number of nitrogens with one attached hydrogen (secondary N) is 1. The van der Waals surface area contributed by atoms with E-state index in [0.29, 0.717) is 6.54 Å². The number of fused-ring (bicyclic) bond motifs is 1. The van der Waals surface area contributed by atoms with E-state index in [-0.39, 0.29) is 0 Å². The van der Waals surface area contributed by atoms with Gasteiger partial charge in [0.1, 0.15) is 6.26 Å². The lowest BCUT2D eigenvalue weighted by Gasteiger charge is -2.08. The largest absolute Gasteiger partial charge is 0.598 e. The van der Waals surface area contributed by atoms with Gasteiger partial charge in [-0.1, -0.05) is 17.7 Å². The first kappa shape index (κ1) is 15.4. The molecule has 0 fully saturated rings. The minimum atomic E-state index is -1.03. The smallest absolute Gasteiger partial charge is 0.115 e. The van der Waals surface area contributed by atoms with Gasteiger partial charge in [0, 0.05) is 52.3 Å². The quantitative estimate of drug-likeness (QED) is 0.745. The van der Waals surface area contributed by atoms with Crippen molar-refractivity contribution in [2.75, 3.05) is 6.26 Å². The highest BCUT2D eigenvalue weighted by atomic mass is 35.5. The molecule has 0 amide bonds. The van der Waals surface area contributed by atoms with E-state index in [2.05, 4.69) is 26.4 Å². The number of halogens is 1. The maximum Gasteiger partial charge on any atom is 0.115 e. The summed E-state index contributed by atoms with van der Waals surface area (Å²) in [7, 11) is 2.01. The number of aromatic nitrogens is 2. The summed E-state index contributed by atoms with van der Waals surface area (Å²) in [6.07, 6.45) is 5.23. The molecule has 22 heavy (non-hydrogen) atoms. The summed E-state index contributed by atoms with van der Waals surface area (Å²) >= 11 is 5.04. The molecule has 0 bridgehead atoms. The molecule has 1 aromatic carbocycles. The van der Waals surface area contributed by atoms with Gasteiger partial charge in [-0.2, -0.15) is 0 Å². The molecule has 3 aromatic rings. The van der Waals surface area contributed by atoms with Crippen LogP contribution in [-0.2, 0) is 25.0 Å². The number of hydrogen-bond donors (Lipinski definition) is 1. The van der Waals surface area contributed by atoms with Crippen molar-refractivity contribution >= 4 is 33.9 Å². The zero-order valence-corrected chi connectivity index (χ0v) is 13.9. The highest BCUT2D eigenvalue weighted by Gasteiger charge is 2.10. The molecule has 4 nitrogen and oxygen atoms in total. The standard InChI is InChI=1S/C16H16ClN3OS/c1-20-15(6-12-3-4-14(17)7-16(12)20)13-5-11(8-18-10-13)9-19-22(2)21/h3-8,10,19H,9H2,1-2H3. The summed E-state index contributed by atoms with van der Waals surface area (Å²) in [4.78, 5) is 4.29. The molecule has 0 aliphatic rings. The Bertz CT molecular complexity index is 816. The first-order chi connectivity index (χ1) is 10.5. The second-order valence-electron chi connectivity index (χ2n) is 5.15. The van der Waals surface area contributed by atoms with E-state index >= 15 is 0 Å². The Morgan fingerprint density at radius 2 is 2.09 bits per heavy atom. The summed E-state index contributed by atoms with van der Waals surface area (Å²) in [6, 6.07) is 10.0. The molecular weight excluding hydrogens is 318 g/mol. The third-order valence-corrected chi connectivity index (χ3v) is 4.36. The Kier molecular flexibility index (Phi) is 4.40. The lowest BCUT2D eigenvalue weighted by Crippen LogP contribution is -2.21. The Labute approximate surface area is 137 Å². The number of nitrogens with zero attached hydrogens (tertiary/aromatic N) is 2. The molecule has 1 unspecified atom stereocenters. The Morgan fingerprint density at radius 1 is 1.27 bits per heavy atom. The third-order valence-electron chi connectivity index (χ3n) is 3.58. The fraction of sp³-hybridized carbons (Fsp3) is 0.188. The average molecular weight is 334 g/mol. The third kappa shape index (κ3) is 3.13. The summed E-state index contributed by atoms with van der Waals surface area (Å²) in [6.45, 7) is 0.528. The molecule has 2 heterocycles. The zero-order chi connectivity index (χ0) is 15.7. The molecule has 114 valence electrons. The summed E-state index contributed by atoms with van der Waals surface area (Å²) < 4.78 is 16.1. The zero-order valence-electron chi connectivity index (χ0n) is 12.3. The van der Waals surface area contributed by atoms with Crippen molar-refractivity contribution < 1.29 is 4.55 Å². The molecular formula is C16H16ClN3OS. The topological polar surface area (TPSA) is 52.9 Å². The minimum Gasteiger partial charge on any atom is -0.598 e. The molecule has 0 aliphatic carbocycles. The van der Waals surface area contributed by atoms with E-state index in [1.54, 1.807) is 12.5 Å². The first-order valence-electron chi connectivity index (χ1n) is 6.81. The lowest BCUT2D eigenvalue weighted by molar-refractivity contribution is 0.586. The van der Waals surface area contributed by atoms with E-state index in [4.69, 9.17) is 11.6 Å². The fourth-order valence-corrected chi connectivity index (χ4v) is 3.03. The molecule has 1 N–H and O–H groups in total. The molecule has 0 spiro atoms. The van der Waals surface area contributed by atoms with Crippen LogP contribution in [0.4, 0.5) is 0 Å². The van der Waals surface area contributed by atoms with Gasteiger partial charge in [0.25, 0.3) is 0 Å². The normalized spacial score (nSPS) is 12.7. The van der Waals surface area contributed by atoms with Gasteiger partial charge in [-0.25, -0.2) is 0 Å². The Hall–Kier alpha value is -1.53. The van der Waals surface area contributed by atoms with Gasteiger partial charge in [-0.05, 0) is 29.8 Å². The van der Waals surface area contributed by atoms with Crippen molar-refractivity contribution in [3.8, 4) is 11.3 Å². The van der Waals surface area contributed by atoms with Crippen LogP contribution in [0.2, 0.25) is 5.02 Å². The molecule has 3 rings (SSSR count). The number of rotatable bonds is 4. The maximum atomic E-state index is 11.1. The van der Waals surface area contributed by atoms with Crippen LogP contribution >= 0.6 is 11.6 Å². The SMILES string of the molecule is Cn1c(-c2cncc(CN[S+](C)[O-])c2)cc2ccc(Cl)cc21. The highest BCUT2D eigenvalue weighted by molar-refractivity contribution is 7.88. The number of benzene rings is 1.